The fourth-order valence-corrected chi connectivity index (χ4v) is 4.47. The maximum atomic E-state index is 12.5. The zero-order valence-corrected chi connectivity index (χ0v) is 17.1. The van der Waals surface area contributed by atoms with Gasteiger partial charge in [-0.05, 0) is 29.8 Å². The van der Waals surface area contributed by atoms with Crippen LogP contribution in [0.2, 0.25) is 0 Å². The van der Waals surface area contributed by atoms with Gasteiger partial charge in [0.15, 0.2) is 0 Å². The van der Waals surface area contributed by atoms with Gasteiger partial charge in [0.05, 0.1) is 16.8 Å². The molecule has 28 heavy (non-hydrogen) atoms. The highest BCUT2D eigenvalue weighted by Gasteiger charge is 2.21. The molecule has 0 aliphatic heterocycles. The van der Waals surface area contributed by atoms with Gasteiger partial charge in [0, 0.05) is 37.9 Å². The number of rotatable bonds is 9. The van der Waals surface area contributed by atoms with Crippen LogP contribution in [0, 0.1) is 0 Å². The molecule has 0 aliphatic carbocycles. The lowest BCUT2D eigenvalue weighted by atomic mass is 10.2. The Kier molecular flexibility index (Phi) is 6.61. The molecule has 0 bridgehead atoms. The Hall–Kier alpha value is -2.48. The summed E-state index contributed by atoms with van der Waals surface area (Å²) < 4.78 is 28.4. The second-order valence-corrected chi connectivity index (χ2v) is 8.40. The summed E-state index contributed by atoms with van der Waals surface area (Å²) in [5, 5.41) is 7.76. The van der Waals surface area contributed by atoms with Crippen molar-refractivity contribution in [2.45, 2.75) is 31.8 Å². The largest absolute Gasteiger partial charge is 0.309 e. The quantitative estimate of drug-likeness (QED) is 0.601. The Morgan fingerprint density at radius 3 is 2.21 bits per heavy atom. The third-order valence-corrected chi connectivity index (χ3v) is 6.65. The molecule has 148 valence electrons. The number of nitrogens with one attached hydrogen (secondary N) is 1. The summed E-state index contributed by atoms with van der Waals surface area (Å²) in [5.41, 5.74) is 3.15. The van der Waals surface area contributed by atoms with Gasteiger partial charge < -0.3 is 5.32 Å². The third kappa shape index (κ3) is 4.67. The number of hydrogen-bond donors (Lipinski definition) is 1. The molecule has 7 heteroatoms. The predicted octanol–water partition coefficient (Wildman–Crippen LogP) is 3.19. The van der Waals surface area contributed by atoms with Gasteiger partial charge in [-0.3, -0.25) is 0 Å². The maximum Gasteiger partial charge on any atom is 0.243 e. The summed E-state index contributed by atoms with van der Waals surface area (Å²) in [6.07, 6.45) is 3.85. The minimum absolute atomic E-state index is 0.337. The molecule has 3 rings (SSSR count). The van der Waals surface area contributed by atoms with Crippen LogP contribution in [0.25, 0.3) is 5.69 Å². The van der Waals surface area contributed by atoms with Gasteiger partial charge in [0.1, 0.15) is 0 Å². The number of hydrogen-bond acceptors (Lipinski definition) is 4. The molecule has 1 heterocycles. The molecule has 2 aromatic carbocycles. The summed E-state index contributed by atoms with van der Waals surface area (Å²) in [4.78, 5) is 0.337. The molecule has 1 N–H and O–H groups in total. The highest BCUT2D eigenvalue weighted by atomic mass is 32.2. The van der Waals surface area contributed by atoms with E-state index in [1.54, 1.807) is 12.1 Å². The number of para-hydroxylation sites is 1. The number of nitrogens with zero attached hydrogens (tertiary/aromatic N) is 3. The van der Waals surface area contributed by atoms with Crippen molar-refractivity contribution in [3.8, 4) is 5.69 Å². The standard InChI is InChI=1S/C21H26N4O2S/c1-3-24(4-2)28(26,27)21-12-10-18(11-13-21)14-22-15-19-16-23-25(17-19)20-8-6-5-7-9-20/h5-13,16-17,22H,3-4,14-15H2,1-2H3. The first-order chi connectivity index (χ1) is 13.5. The van der Waals surface area contributed by atoms with Crippen LogP contribution < -0.4 is 5.32 Å². The summed E-state index contributed by atoms with van der Waals surface area (Å²) in [6.45, 7) is 5.98. The van der Waals surface area contributed by atoms with Crippen LogP contribution in [0.5, 0.6) is 0 Å². The number of benzene rings is 2. The van der Waals surface area contributed by atoms with Crippen LogP contribution in [0.1, 0.15) is 25.0 Å². The van der Waals surface area contributed by atoms with E-state index in [-0.39, 0.29) is 0 Å². The average Bonchev–Trinajstić information content (AvgIpc) is 3.19. The van der Waals surface area contributed by atoms with Gasteiger partial charge in [-0.15, -0.1) is 0 Å². The summed E-state index contributed by atoms with van der Waals surface area (Å²) in [7, 11) is -3.40. The lowest BCUT2D eigenvalue weighted by Crippen LogP contribution is -2.30. The van der Waals surface area contributed by atoms with Crippen LogP contribution in [-0.4, -0.2) is 35.6 Å². The normalized spacial score (nSPS) is 11.8. The van der Waals surface area contributed by atoms with E-state index in [2.05, 4.69) is 10.4 Å². The van der Waals surface area contributed by atoms with Crippen LogP contribution in [0.3, 0.4) is 0 Å². The van der Waals surface area contributed by atoms with Crippen molar-refractivity contribution >= 4 is 10.0 Å². The van der Waals surface area contributed by atoms with Crippen molar-refractivity contribution in [1.82, 2.24) is 19.4 Å². The fourth-order valence-electron chi connectivity index (χ4n) is 3.02. The molecule has 0 unspecified atom stereocenters. The molecule has 6 nitrogen and oxygen atoms in total. The highest BCUT2D eigenvalue weighted by molar-refractivity contribution is 7.89. The minimum atomic E-state index is -3.40. The van der Waals surface area contributed by atoms with E-state index in [1.807, 2.05) is 73.4 Å². The summed E-state index contributed by atoms with van der Waals surface area (Å²) in [6, 6.07) is 17.0. The zero-order valence-electron chi connectivity index (χ0n) is 16.2. The number of aromatic nitrogens is 2. The van der Waals surface area contributed by atoms with Gasteiger partial charge in [-0.2, -0.15) is 9.40 Å². The van der Waals surface area contributed by atoms with Crippen molar-refractivity contribution in [2.24, 2.45) is 0 Å². The molecule has 0 spiro atoms. The van der Waals surface area contributed by atoms with Crippen LogP contribution >= 0.6 is 0 Å². The smallest absolute Gasteiger partial charge is 0.243 e. The zero-order chi connectivity index (χ0) is 20.0. The first-order valence-electron chi connectivity index (χ1n) is 9.43. The first-order valence-corrected chi connectivity index (χ1v) is 10.9. The van der Waals surface area contributed by atoms with Crippen molar-refractivity contribution in [3.63, 3.8) is 0 Å². The summed E-state index contributed by atoms with van der Waals surface area (Å²) >= 11 is 0. The topological polar surface area (TPSA) is 67.2 Å². The predicted molar refractivity (Wildman–Crippen MR) is 111 cm³/mol. The molecule has 0 atom stereocenters. The van der Waals surface area contributed by atoms with Crippen LogP contribution in [0.15, 0.2) is 71.9 Å². The Morgan fingerprint density at radius 1 is 0.929 bits per heavy atom. The van der Waals surface area contributed by atoms with Gasteiger partial charge in [-0.25, -0.2) is 13.1 Å². The Bertz CT molecular complexity index is 979. The highest BCUT2D eigenvalue weighted by Crippen LogP contribution is 2.16. The molecular weight excluding hydrogens is 372 g/mol. The number of sulfonamides is 1. The van der Waals surface area contributed by atoms with Crippen LogP contribution in [0.4, 0.5) is 0 Å². The minimum Gasteiger partial charge on any atom is -0.309 e. The van der Waals surface area contributed by atoms with E-state index in [4.69, 9.17) is 0 Å². The van der Waals surface area contributed by atoms with E-state index in [0.717, 1.165) is 16.8 Å². The molecule has 3 aromatic rings. The third-order valence-electron chi connectivity index (χ3n) is 4.58. The Balaban J connectivity index is 1.57. The van der Waals surface area contributed by atoms with Gasteiger partial charge in [-0.1, -0.05) is 44.2 Å². The fraction of sp³-hybridized carbons (Fsp3) is 0.286. The van der Waals surface area contributed by atoms with E-state index in [1.165, 1.54) is 4.31 Å². The molecule has 1 aromatic heterocycles. The summed E-state index contributed by atoms with van der Waals surface area (Å²) in [5.74, 6) is 0. The van der Waals surface area contributed by atoms with Crippen molar-refractivity contribution in [2.75, 3.05) is 13.1 Å². The first kappa shape index (κ1) is 20.3. The molecule has 0 fully saturated rings. The van der Waals surface area contributed by atoms with Gasteiger partial charge >= 0.3 is 0 Å². The average molecular weight is 399 g/mol. The van der Waals surface area contributed by atoms with Gasteiger partial charge in [0.2, 0.25) is 10.0 Å². The second-order valence-electron chi connectivity index (χ2n) is 6.47. The molecule has 0 saturated heterocycles. The van der Waals surface area contributed by atoms with E-state index in [0.29, 0.717) is 31.1 Å². The molecule has 0 saturated carbocycles. The Morgan fingerprint density at radius 2 is 1.57 bits per heavy atom. The van der Waals surface area contributed by atoms with Crippen molar-refractivity contribution in [3.05, 3.63) is 78.1 Å². The van der Waals surface area contributed by atoms with Crippen molar-refractivity contribution in [1.29, 1.82) is 0 Å². The van der Waals surface area contributed by atoms with E-state index in [9.17, 15) is 8.42 Å². The Labute approximate surface area is 166 Å². The SMILES string of the molecule is CCN(CC)S(=O)(=O)c1ccc(CNCc2cnn(-c3ccccc3)c2)cc1. The lowest BCUT2D eigenvalue weighted by Gasteiger charge is -2.18. The van der Waals surface area contributed by atoms with E-state index >= 15 is 0 Å². The molecular formula is C21H26N4O2S. The molecule has 0 aliphatic rings. The maximum absolute atomic E-state index is 12.5. The monoisotopic (exact) mass is 398 g/mol. The second kappa shape index (κ2) is 9.14. The van der Waals surface area contributed by atoms with Crippen molar-refractivity contribution < 1.29 is 8.42 Å². The van der Waals surface area contributed by atoms with Crippen LogP contribution in [-0.2, 0) is 23.1 Å². The van der Waals surface area contributed by atoms with Gasteiger partial charge in [0.25, 0.3) is 0 Å². The molecule has 0 radical (unpaired) electrons. The molecule has 0 amide bonds. The van der Waals surface area contributed by atoms with E-state index < -0.39 is 10.0 Å². The lowest BCUT2D eigenvalue weighted by molar-refractivity contribution is 0.445.